The third-order valence-electron chi connectivity index (χ3n) is 10.3. The van der Waals surface area contributed by atoms with E-state index in [4.69, 9.17) is 9.47 Å². The lowest BCUT2D eigenvalue weighted by Crippen LogP contribution is -2.29. The number of carbonyl (C=O) groups excluding carboxylic acids is 2. The molecule has 51 heavy (non-hydrogen) atoms. The van der Waals surface area contributed by atoms with Crippen molar-refractivity contribution in [2.45, 2.75) is 245 Å². The Morgan fingerprint density at radius 3 is 1.39 bits per heavy atom. The van der Waals surface area contributed by atoms with Crippen molar-refractivity contribution in [2.24, 2.45) is 0 Å². The van der Waals surface area contributed by atoms with Gasteiger partial charge in [0.2, 0.25) is 0 Å². The molecule has 0 aromatic rings. The minimum atomic E-state index is -0.0374. The summed E-state index contributed by atoms with van der Waals surface area (Å²) in [5.74, 6) is -0.0374. The van der Waals surface area contributed by atoms with Crippen LogP contribution >= 0.6 is 0 Å². The Balaban J connectivity index is 0. The minimum absolute atomic E-state index is 0.0374. The third kappa shape index (κ3) is 41.6. The summed E-state index contributed by atoms with van der Waals surface area (Å²) in [7, 11) is 1.89. The molecule has 0 spiro atoms. The minimum Gasteiger partial charge on any atom is -0.462 e. The number of ether oxygens (including phenoxy) is 2. The summed E-state index contributed by atoms with van der Waals surface area (Å²) in [4.78, 5) is 24.8. The van der Waals surface area contributed by atoms with Gasteiger partial charge in [-0.25, -0.2) is 0 Å². The van der Waals surface area contributed by atoms with E-state index in [-0.39, 0.29) is 18.7 Å². The first kappa shape index (κ1) is 52.1. The molecule has 0 aliphatic rings. The summed E-state index contributed by atoms with van der Waals surface area (Å²) in [6.07, 6.45) is 40.2. The van der Waals surface area contributed by atoms with Crippen molar-refractivity contribution in [3.05, 3.63) is 0 Å². The number of hydrogen-bond acceptors (Lipinski definition) is 6. The van der Waals surface area contributed by atoms with Crippen LogP contribution in [0.4, 0.5) is 0 Å². The van der Waals surface area contributed by atoms with Gasteiger partial charge in [0, 0.05) is 26.5 Å². The number of carbonyl (C=O) groups is 2. The summed E-state index contributed by atoms with van der Waals surface area (Å²) < 4.78 is 11.3. The highest BCUT2D eigenvalue weighted by atomic mass is 16.5. The molecule has 6 heteroatoms. The van der Waals surface area contributed by atoms with Crippen LogP contribution in [0.3, 0.4) is 0 Å². The van der Waals surface area contributed by atoms with Gasteiger partial charge in [-0.2, -0.15) is 0 Å². The number of nitrogens with zero attached hydrogens (tertiary/aromatic N) is 1. The number of aliphatic hydroxyl groups is 1. The maximum atomic E-state index is 12.2. The molecule has 0 aromatic heterocycles. The van der Waals surface area contributed by atoms with E-state index in [0.29, 0.717) is 18.9 Å². The predicted octanol–water partition coefficient (Wildman–Crippen LogP) is 13.0. The van der Waals surface area contributed by atoms with Gasteiger partial charge < -0.3 is 24.3 Å². The van der Waals surface area contributed by atoms with Crippen LogP contribution in [0, 0.1) is 0 Å². The molecule has 0 amide bonds. The SMILES string of the molecule is CCCCCCCCC(CC)OC(=O)CCCCCN(CCO)CCCCCCCC=O.CCCCCCCCC(CCCCCCCC)OC. The fourth-order valence-corrected chi connectivity index (χ4v) is 6.78. The van der Waals surface area contributed by atoms with Gasteiger partial charge in [-0.15, -0.1) is 0 Å². The molecular formula is C45H91NO5. The highest BCUT2D eigenvalue weighted by molar-refractivity contribution is 5.69. The zero-order valence-electron chi connectivity index (χ0n) is 35.2. The van der Waals surface area contributed by atoms with Gasteiger partial charge in [-0.3, -0.25) is 4.79 Å². The van der Waals surface area contributed by atoms with Crippen molar-refractivity contribution in [3.8, 4) is 0 Å². The lowest BCUT2D eigenvalue weighted by atomic mass is 10.0. The Kier molecular flexibility index (Phi) is 46.2. The molecule has 306 valence electrons. The van der Waals surface area contributed by atoms with Crippen LogP contribution in [-0.2, 0) is 19.1 Å². The van der Waals surface area contributed by atoms with E-state index in [2.05, 4.69) is 32.6 Å². The number of aliphatic hydroxyl groups excluding tert-OH is 1. The molecule has 1 atom stereocenters. The molecule has 1 unspecified atom stereocenters. The van der Waals surface area contributed by atoms with Gasteiger partial charge in [-0.05, 0) is 70.9 Å². The van der Waals surface area contributed by atoms with E-state index in [9.17, 15) is 14.7 Å². The second-order valence-electron chi connectivity index (χ2n) is 15.1. The van der Waals surface area contributed by atoms with Crippen LogP contribution in [-0.4, -0.2) is 67.8 Å². The summed E-state index contributed by atoms with van der Waals surface area (Å²) in [6.45, 7) is 11.8. The lowest BCUT2D eigenvalue weighted by Gasteiger charge is -2.21. The van der Waals surface area contributed by atoms with Crippen molar-refractivity contribution >= 4 is 12.3 Å². The Bertz CT molecular complexity index is 659. The van der Waals surface area contributed by atoms with E-state index < -0.39 is 0 Å². The first-order valence-electron chi connectivity index (χ1n) is 22.5. The average Bonchev–Trinajstić information content (AvgIpc) is 3.14. The van der Waals surface area contributed by atoms with Crippen LogP contribution in [0.2, 0.25) is 0 Å². The number of unbranched alkanes of at least 4 members (excludes halogenated alkanes) is 22. The van der Waals surface area contributed by atoms with Crippen LogP contribution in [0.15, 0.2) is 0 Å². The number of esters is 1. The van der Waals surface area contributed by atoms with Crippen molar-refractivity contribution in [1.29, 1.82) is 0 Å². The topological polar surface area (TPSA) is 76.1 Å². The number of aldehydes is 1. The van der Waals surface area contributed by atoms with Gasteiger partial charge in [0.05, 0.1) is 12.7 Å². The maximum absolute atomic E-state index is 12.2. The highest BCUT2D eigenvalue weighted by Crippen LogP contribution is 2.17. The van der Waals surface area contributed by atoms with E-state index in [0.717, 1.165) is 83.7 Å². The van der Waals surface area contributed by atoms with E-state index in [1.54, 1.807) is 0 Å². The van der Waals surface area contributed by atoms with Gasteiger partial charge in [-0.1, -0.05) is 163 Å². The molecule has 0 rings (SSSR count). The molecule has 0 saturated heterocycles. The fourth-order valence-electron chi connectivity index (χ4n) is 6.78. The normalized spacial score (nSPS) is 11.9. The summed E-state index contributed by atoms with van der Waals surface area (Å²) in [5, 5.41) is 9.30. The van der Waals surface area contributed by atoms with Crippen LogP contribution in [0.1, 0.15) is 233 Å². The zero-order valence-corrected chi connectivity index (χ0v) is 35.2. The van der Waals surface area contributed by atoms with Crippen LogP contribution < -0.4 is 0 Å². The van der Waals surface area contributed by atoms with Crippen LogP contribution in [0.5, 0.6) is 0 Å². The molecular weight excluding hydrogens is 634 g/mol. The standard InChI is InChI=1S/C27H53NO4.C18H38O/c1-3-5-6-7-10-14-19-26(4-2)32-27(31)20-15-13-17-22-28(23-25-30)21-16-11-8-9-12-18-24-29;1-4-6-8-10-12-14-16-18(19-3)17-15-13-11-9-7-5-2/h24,26,30H,3-23,25H2,1-2H3;18H,4-17H2,1-3H3. The van der Waals surface area contributed by atoms with Crippen molar-refractivity contribution in [1.82, 2.24) is 4.90 Å². The number of methoxy groups -OCH3 is 1. The predicted molar refractivity (Wildman–Crippen MR) is 221 cm³/mol. The molecule has 0 saturated carbocycles. The molecule has 6 nitrogen and oxygen atoms in total. The smallest absolute Gasteiger partial charge is 0.306 e. The first-order chi connectivity index (χ1) is 25.0. The van der Waals surface area contributed by atoms with Crippen molar-refractivity contribution < 1.29 is 24.2 Å². The van der Waals surface area contributed by atoms with Gasteiger partial charge >= 0.3 is 5.97 Å². The fraction of sp³-hybridized carbons (Fsp3) is 0.956. The molecule has 0 heterocycles. The monoisotopic (exact) mass is 726 g/mol. The molecule has 0 aliphatic carbocycles. The highest BCUT2D eigenvalue weighted by Gasteiger charge is 2.12. The summed E-state index contributed by atoms with van der Waals surface area (Å²) >= 11 is 0. The largest absolute Gasteiger partial charge is 0.462 e. The van der Waals surface area contributed by atoms with E-state index in [1.165, 1.54) is 135 Å². The lowest BCUT2D eigenvalue weighted by molar-refractivity contribution is -0.149. The van der Waals surface area contributed by atoms with E-state index in [1.807, 2.05) is 7.11 Å². The third-order valence-corrected chi connectivity index (χ3v) is 10.3. The van der Waals surface area contributed by atoms with Crippen molar-refractivity contribution in [3.63, 3.8) is 0 Å². The Morgan fingerprint density at radius 2 is 0.961 bits per heavy atom. The second-order valence-corrected chi connectivity index (χ2v) is 15.1. The maximum Gasteiger partial charge on any atom is 0.306 e. The summed E-state index contributed by atoms with van der Waals surface area (Å²) in [6, 6.07) is 0. The average molecular weight is 726 g/mol. The van der Waals surface area contributed by atoms with Crippen molar-refractivity contribution in [2.75, 3.05) is 33.4 Å². The Labute approximate surface area is 319 Å². The second kappa shape index (κ2) is 45.2. The molecule has 0 bridgehead atoms. The first-order valence-corrected chi connectivity index (χ1v) is 22.5. The van der Waals surface area contributed by atoms with Gasteiger partial charge in [0.15, 0.2) is 0 Å². The zero-order chi connectivity index (χ0) is 37.9. The molecule has 0 fully saturated rings. The number of hydrogen-bond donors (Lipinski definition) is 1. The van der Waals surface area contributed by atoms with Gasteiger partial charge in [0.1, 0.15) is 12.4 Å². The molecule has 1 N–H and O–H groups in total. The molecule has 0 aliphatic heterocycles. The molecule has 0 radical (unpaired) electrons. The Hall–Kier alpha value is -0.980. The quantitative estimate of drug-likeness (QED) is 0.0385. The number of rotatable bonds is 40. The Morgan fingerprint density at radius 1 is 0.549 bits per heavy atom. The summed E-state index contributed by atoms with van der Waals surface area (Å²) in [5.41, 5.74) is 0. The molecule has 0 aromatic carbocycles. The van der Waals surface area contributed by atoms with Crippen LogP contribution in [0.25, 0.3) is 0 Å². The van der Waals surface area contributed by atoms with E-state index >= 15 is 0 Å². The van der Waals surface area contributed by atoms with Gasteiger partial charge in [0.25, 0.3) is 0 Å².